The molecule has 0 amide bonds. The monoisotopic (exact) mass is 370 g/mol. The third-order valence-corrected chi connectivity index (χ3v) is 5.23. The van der Waals surface area contributed by atoms with Gasteiger partial charge in [0.05, 0.1) is 13.2 Å². The van der Waals surface area contributed by atoms with Crippen molar-refractivity contribution in [1.82, 2.24) is 0 Å². The Morgan fingerprint density at radius 2 is 1.35 bits per heavy atom. The highest BCUT2D eigenvalue weighted by atomic mass is 31.2. The summed E-state index contributed by atoms with van der Waals surface area (Å²) >= 11 is 0. The molecule has 0 saturated heterocycles. The van der Waals surface area contributed by atoms with E-state index in [4.69, 9.17) is 9.05 Å². The lowest BCUT2D eigenvalue weighted by Crippen LogP contribution is -1.96. The first kappa shape index (κ1) is 20.5. The summed E-state index contributed by atoms with van der Waals surface area (Å²) in [6.45, 7) is 2.61. The third-order valence-electron chi connectivity index (χ3n) is 3.86. The van der Waals surface area contributed by atoms with Gasteiger partial charge in [0.25, 0.3) is 0 Å². The minimum atomic E-state index is -3.47. The van der Waals surface area contributed by atoms with Crippen LogP contribution in [0.25, 0.3) is 0 Å². The predicted octanol–water partition coefficient (Wildman–Crippen LogP) is 6.54. The Bertz CT molecular complexity index is 685. The van der Waals surface area contributed by atoms with Gasteiger partial charge in [-0.25, -0.2) is 4.57 Å². The largest absolute Gasteiger partial charge is 0.406 e. The summed E-state index contributed by atoms with van der Waals surface area (Å²) in [5.74, 6) is 2.99. The molecule has 2 rings (SSSR count). The first-order valence-electron chi connectivity index (χ1n) is 9.19. The van der Waals surface area contributed by atoms with Crippen molar-refractivity contribution >= 4 is 7.60 Å². The molecule has 0 radical (unpaired) electrons. The number of rotatable bonds is 10. The molecule has 0 atom stereocenters. The van der Waals surface area contributed by atoms with Crippen molar-refractivity contribution in [3.8, 4) is 11.6 Å². The third kappa shape index (κ3) is 8.02. The SMILES string of the molecule is CCCCCCC#CP(=O)(OCc1ccccc1)OCc1ccccc1. The van der Waals surface area contributed by atoms with Crippen molar-refractivity contribution in [3.05, 3.63) is 71.8 Å². The minimum Gasteiger partial charge on any atom is -0.294 e. The molecular formula is C22H27O3P. The number of unbranched alkanes of at least 4 members (excludes halogenated alkanes) is 4. The number of hydrogen-bond donors (Lipinski definition) is 0. The molecule has 0 saturated carbocycles. The van der Waals surface area contributed by atoms with E-state index in [0.717, 1.165) is 24.0 Å². The summed E-state index contributed by atoms with van der Waals surface area (Å²) in [6.07, 6.45) is 5.26. The molecule has 2 aromatic carbocycles. The molecular weight excluding hydrogens is 343 g/mol. The zero-order valence-corrected chi connectivity index (χ0v) is 16.3. The molecule has 0 spiro atoms. The van der Waals surface area contributed by atoms with E-state index >= 15 is 0 Å². The molecule has 0 aliphatic heterocycles. The number of hydrogen-bond acceptors (Lipinski definition) is 3. The summed E-state index contributed by atoms with van der Waals surface area (Å²) in [5, 5.41) is 0. The van der Waals surface area contributed by atoms with Gasteiger partial charge in [0.1, 0.15) is 0 Å². The van der Waals surface area contributed by atoms with Gasteiger partial charge in [0, 0.05) is 12.1 Å². The fourth-order valence-corrected chi connectivity index (χ4v) is 3.51. The molecule has 0 aliphatic rings. The molecule has 0 fully saturated rings. The van der Waals surface area contributed by atoms with Crippen LogP contribution in [0.4, 0.5) is 0 Å². The second-order valence-corrected chi connectivity index (χ2v) is 7.85. The lowest BCUT2D eigenvalue weighted by Gasteiger charge is -2.13. The van der Waals surface area contributed by atoms with E-state index < -0.39 is 7.60 Å². The van der Waals surface area contributed by atoms with Crippen molar-refractivity contribution in [2.24, 2.45) is 0 Å². The van der Waals surface area contributed by atoms with Gasteiger partial charge >= 0.3 is 7.60 Å². The molecule has 26 heavy (non-hydrogen) atoms. The molecule has 0 unspecified atom stereocenters. The molecule has 3 nitrogen and oxygen atoms in total. The second-order valence-electron chi connectivity index (χ2n) is 6.11. The van der Waals surface area contributed by atoms with E-state index in [1.165, 1.54) is 12.8 Å². The summed E-state index contributed by atoms with van der Waals surface area (Å²) in [6, 6.07) is 19.3. The van der Waals surface area contributed by atoms with E-state index in [1.54, 1.807) is 0 Å². The van der Waals surface area contributed by atoms with Gasteiger partial charge in [0.2, 0.25) is 0 Å². The fraction of sp³-hybridized carbons (Fsp3) is 0.364. The van der Waals surface area contributed by atoms with Crippen LogP contribution in [0.1, 0.15) is 50.2 Å². The second kappa shape index (κ2) is 11.7. The van der Waals surface area contributed by atoms with Crippen LogP contribution in [-0.4, -0.2) is 0 Å². The number of benzene rings is 2. The van der Waals surface area contributed by atoms with Crippen molar-refractivity contribution in [3.63, 3.8) is 0 Å². The molecule has 0 heterocycles. The maximum absolute atomic E-state index is 13.0. The maximum atomic E-state index is 13.0. The first-order chi connectivity index (χ1) is 12.7. The lowest BCUT2D eigenvalue weighted by molar-refractivity contribution is 0.201. The van der Waals surface area contributed by atoms with Crippen LogP contribution in [0.3, 0.4) is 0 Å². The van der Waals surface area contributed by atoms with Gasteiger partial charge in [-0.05, 0) is 17.5 Å². The molecule has 4 heteroatoms. The van der Waals surface area contributed by atoms with Crippen molar-refractivity contribution < 1.29 is 13.6 Å². The topological polar surface area (TPSA) is 35.5 Å². The van der Waals surface area contributed by atoms with Crippen molar-refractivity contribution in [2.75, 3.05) is 0 Å². The molecule has 0 bridgehead atoms. The predicted molar refractivity (Wildman–Crippen MR) is 107 cm³/mol. The first-order valence-corrected chi connectivity index (χ1v) is 10.7. The zero-order valence-electron chi connectivity index (χ0n) is 15.4. The van der Waals surface area contributed by atoms with Gasteiger partial charge in [-0.1, -0.05) is 92.8 Å². The van der Waals surface area contributed by atoms with E-state index in [2.05, 4.69) is 18.5 Å². The Kier molecular flexibility index (Phi) is 9.21. The van der Waals surface area contributed by atoms with Gasteiger partial charge in [-0.3, -0.25) is 9.05 Å². The Morgan fingerprint density at radius 3 is 1.85 bits per heavy atom. The fourth-order valence-electron chi connectivity index (χ4n) is 2.36. The Hall–Kier alpha value is -1.85. The van der Waals surface area contributed by atoms with Crippen molar-refractivity contribution in [1.29, 1.82) is 0 Å². The summed E-state index contributed by atoms with van der Waals surface area (Å²) in [5.41, 5.74) is 4.66. The van der Waals surface area contributed by atoms with Gasteiger partial charge in [-0.2, -0.15) is 0 Å². The van der Waals surface area contributed by atoms with Crippen LogP contribution in [0, 0.1) is 11.6 Å². The minimum absolute atomic E-state index is 0.220. The molecule has 0 aliphatic carbocycles. The Balaban J connectivity index is 1.96. The summed E-state index contributed by atoms with van der Waals surface area (Å²) in [7, 11) is -3.47. The zero-order chi connectivity index (χ0) is 18.5. The van der Waals surface area contributed by atoms with E-state index in [1.807, 2.05) is 60.7 Å². The van der Waals surface area contributed by atoms with Crippen molar-refractivity contribution in [2.45, 2.75) is 52.2 Å². The Labute approximate surface area is 157 Å². The highest BCUT2D eigenvalue weighted by Gasteiger charge is 2.22. The van der Waals surface area contributed by atoms with E-state index in [0.29, 0.717) is 6.42 Å². The molecule has 2 aromatic rings. The lowest BCUT2D eigenvalue weighted by atomic mass is 10.2. The van der Waals surface area contributed by atoms with Crippen LogP contribution in [0.15, 0.2) is 60.7 Å². The van der Waals surface area contributed by atoms with Gasteiger partial charge < -0.3 is 0 Å². The molecule has 0 N–H and O–H groups in total. The van der Waals surface area contributed by atoms with Gasteiger partial charge in [-0.15, -0.1) is 0 Å². The normalized spacial score (nSPS) is 11.0. The average Bonchev–Trinajstić information content (AvgIpc) is 2.69. The smallest absolute Gasteiger partial charge is 0.294 e. The van der Waals surface area contributed by atoms with E-state index in [9.17, 15) is 4.57 Å². The van der Waals surface area contributed by atoms with E-state index in [-0.39, 0.29) is 13.2 Å². The standard InChI is InChI=1S/C22H27O3P/c1-2-3-4-5-6-13-18-26(23,24-19-21-14-9-7-10-15-21)25-20-22-16-11-8-12-17-22/h7-12,14-17H,2-6,19-20H2,1H3. The Morgan fingerprint density at radius 1 is 0.808 bits per heavy atom. The summed E-state index contributed by atoms with van der Waals surface area (Å²) < 4.78 is 24.3. The maximum Gasteiger partial charge on any atom is 0.406 e. The van der Waals surface area contributed by atoms with Crippen LogP contribution >= 0.6 is 7.60 Å². The van der Waals surface area contributed by atoms with Crippen LogP contribution in [-0.2, 0) is 26.8 Å². The summed E-state index contributed by atoms with van der Waals surface area (Å²) in [4.78, 5) is 0. The molecule has 138 valence electrons. The quantitative estimate of drug-likeness (QED) is 0.270. The average molecular weight is 370 g/mol. The van der Waals surface area contributed by atoms with Crippen LogP contribution in [0.5, 0.6) is 0 Å². The van der Waals surface area contributed by atoms with Crippen LogP contribution < -0.4 is 0 Å². The highest BCUT2D eigenvalue weighted by molar-refractivity contribution is 7.59. The van der Waals surface area contributed by atoms with Gasteiger partial charge in [0.15, 0.2) is 0 Å². The van der Waals surface area contributed by atoms with Crippen LogP contribution in [0.2, 0.25) is 0 Å². The molecule has 0 aromatic heterocycles. The highest BCUT2D eigenvalue weighted by Crippen LogP contribution is 2.48.